The van der Waals surface area contributed by atoms with Crippen LogP contribution in [0.1, 0.15) is 41.6 Å². The normalized spacial score (nSPS) is 12.7. The number of carbonyl (C=O) groups is 1. The molecular formula is C20H20N4O3S. The van der Waals surface area contributed by atoms with Gasteiger partial charge in [0.05, 0.1) is 16.2 Å². The van der Waals surface area contributed by atoms with Crippen molar-refractivity contribution < 1.29 is 9.72 Å². The number of fused-ring (bicyclic) bond motifs is 1. The van der Waals surface area contributed by atoms with E-state index in [0.717, 1.165) is 42.5 Å². The van der Waals surface area contributed by atoms with Gasteiger partial charge in [-0.1, -0.05) is 6.07 Å². The number of hydrogen-bond donors (Lipinski definition) is 1. The second-order valence-electron chi connectivity index (χ2n) is 6.67. The number of hydrogen-bond acceptors (Lipinski definition) is 6. The molecule has 3 rings (SSSR count). The fourth-order valence-corrected chi connectivity index (χ4v) is 4.03. The number of benzene rings is 1. The molecule has 0 fully saturated rings. The Morgan fingerprint density at radius 2 is 2.14 bits per heavy atom. The molecule has 28 heavy (non-hydrogen) atoms. The summed E-state index contributed by atoms with van der Waals surface area (Å²) in [4.78, 5) is 27.3. The lowest BCUT2D eigenvalue weighted by molar-refractivity contribution is -0.384. The number of pyridine rings is 1. The van der Waals surface area contributed by atoms with Crippen molar-refractivity contribution >= 4 is 29.0 Å². The number of nitro groups is 1. The largest absolute Gasteiger partial charge is 0.326 e. The minimum absolute atomic E-state index is 0.0628. The van der Waals surface area contributed by atoms with Crippen molar-refractivity contribution in [1.29, 1.82) is 5.26 Å². The molecule has 2 aromatic rings. The monoisotopic (exact) mass is 396 g/mol. The molecule has 1 heterocycles. The van der Waals surface area contributed by atoms with Gasteiger partial charge in [-0.15, -0.1) is 11.8 Å². The first-order chi connectivity index (χ1) is 13.5. The van der Waals surface area contributed by atoms with Crippen molar-refractivity contribution in [2.45, 2.75) is 44.1 Å². The Morgan fingerprint density at radius 1 is 1.36 bits per heavy atom. The molecule has 0 saturated heterocycles. The molecule has 1 N–H and O–H groups in total. The maximum Gasteiger partial charge on any atom is 0.271 e. The van der Waals surface area contributed by atoms with Crippen LogP contribution >= 0.6 is 11.8 Å². The van der Waals surface area contributed by atoms with Crippen LogP contribution in [0.15, 0.2) is 29.3 Å². The van der Waals surface area contributed by atoms with E-state index in [9.17, 15) is 20.2 Å². The van der Waals surface area contributed by atoms with Crippen molar-refractivity contribution in [3.8, 4) is 6.07 Å². The fourth-order valence-electron chi connectivity index (χ4n) is 3.12. The predicted octanol–water partition coefficient (Wildman–Crippen LogP) is 4.17. The lowest BCUT2D eigenvalue weighted by atomic mass is 9.95. The van der Waals surface area contributed by atoms with Crippen LogP contribution < -0.4 is 5.32 Å². The van der Waals surface area contributed by atoms with Gasteiger partial charge in [-0.05, 0) is 49.8 Å². The summed E-state index contributed by atoms with van der Waals surface area (Å²) in [7, 11) is 0. The molecule has 0 radical (unpaired) electrons. The Kier molecular flexibility index (Phi) is 6.26. The minimum Gasteiger partial charge on any atom is -0.326 e. The zero-order chi connectivity index (χ0) is 20.1. The van der Waals surface area contributed by atoms with Gasteiger partial charge in [0.2, 0.25) is 5.91 Å². The molecule has 1 aromatic heterocycles. The van der Waals surface area contributed by atoms with Crippen molar-refractivity contribution in [3.05, 3.63) is 56.8 Å². The first-order valence-corrected chi connectivity index (χ1v) is 10.1. The molecule has 0 unspecified atom stereocenters. The van der Waals surface area contributed by atoms with E-state index in [1.807, 2.05) is 6.07 Å². The average Bonchev–Trinajstić information content (AvgIpc) is 2.68. The number of anilines is 1. The van der Waals surface area contributed by atoms with E-state index in [4.69, 9.17) is 0 Å². The van der Waals surface area contributed by atoms with E-state index in [1.165, 1.54) is 23.9 Å². The van der Waals surface area contributed by atoms with E-state index in [-0.39, 0.29) is 18.0 Å². The molecule has 0 saturated carbocycles. The number of rotatable bonds is 6. The Labute approximate surface area is 167 Å². The van der Waals surface area contributed by atoms with Crippen molar-refractivity contribution in [2.24, 2.45) is 0 Å². The van der Waals surface area contributed by atoms with E-state index in [2.05, 4.69) is 16.4 Å². The van der Waals surface area contributed by atoms with Crippen LogP contribution in [0.25, 0.3) is 0 Å². The standard InChI is InChI=1S/C20H20N4O3S/c1-13-6-7-16(24(26)27)11-18(13)22-19(25)8-9-28-20-15(12-21)10-14-4-2-3-5-17(14)23-20/h6-7,10-11H,2-5,8-9H2,1H3,(H,22,25). The Hall–Kier alpha value is -2.92. The van der Waals surface area contributed by atoms with Crippen molar-refractivity contribution in [3.63, 3.8) is 0 Å². The maximum absolute atomic E-state index is 12.2. The summed E-state index contributed by atoms with van der Waals surface area (Å²) in [5, 5.41) is 23.7. The zero-order valence-electron chi connectivity index (χ0n) is 15.5. The van der Waals surface area contributed by atoms with Crippen LogP contribution in [0.2, 0.25) is 0 Å². The average molecular weight is 396 g/mol. The van der Waals surface area contributed by atoms with Crippen LogP contribution in [-0.2, 0) is 17.6 Å². The lowest BCUT2D eigenvalue weighted by Crippen LogP contribution is -2.13. The number of carbonyl (C=O) groups excluding carboxylic acids is 1. The van der Waals surface area contributed by atoms with Gasteiger partial charge >= 0.3 is 0 Å². The summed E-state index contributed by atoms with van der Waals surface area (Å²) in [5.41, 5.74) is 3.91. The van der Waals surface area contributed by atoms with Crippen LogP contribution in [0.5, 0.6) is 0 Å². The molecule has 1 aromatic carbocycles. The molecule has 1 amide bonds. The summed E-state index contributed by atoms with van der Waals surface area (Å²) in [6.45, 7) is 1.78. The lowest BCUT2D eigenvalue weighted by Gasteiger charge is -2.16. The smallest absolute Gasteiger partial charge is 0.271 e. The maximum atomic E-state index is 12.2. The van der Waals surface area contributed by atoms with Crippen molar-refractivity contribution in [1.82, 2.24) is 4.98 Å². The fraction of sp³-hybridized carbons (Fsp3) is 0.350. The van der Waals surface area contributed by atoms with Gasteiger partial charge in [-0.3, -0.25) is 14.9 Å². The molecule has 1 aliphatic carbocycles. The molecule has 1 aliphatic rings. The highest BCUT2D eigenvalue weighted by molar-refractivity contribution is 7.99. The van der Waals surface area contributed by atoms with Gasteiger partial charge in [0.1, 0.15) is 11.1 Å². The minimum atomic E-state index is -0.490. The quantitative estimate of drug-likeness (QED) is 0.446. The Balaban J connectivity index is 1.61. The van der Waals surface area contributed by atoms with Gasteiger partial charge in [0.25, 0.3) is 5.69 Å². The van der Waals surface area contributed by atoms with E-state index in [1.54, 1.807) is 13.0 Å². The first kappa shape index (κ1) is 19.8. The molecule has 0 atom stereocenters. The summed E-state index contributed by atoms with van der Waals surface area (Å²) >= 11 is 1.39. The summed E-state index contributed by atoms with van der Waals surface area (Å²) < 4.78 is 0. The highest BCUT2D eigenvalue weighted by Crippen LogP contribution is 2.28. The van der Waals surface area contributed by atoms with Gasteiger partial charge in [0, 0.05) is 30.0 Å². The number of nitrogens with zero attached hydrogens (tertiary/aromatic N) is 3. The molecule has 0 aliphatic heterocycles. The number of non-ortho nitro benzene ring substituents is 1. The van der Waals surface area contributed by atoms with Crippen LogP contribution in [0.4, 0.5) is 11.4 Å². The number of nitrogens with one attached hydrogen (secondary N) is 1. The zero-order valence-corrected chi connectivity index (χ0v) is 16.3. The third kappa shape index (κ3) is 4.67. The highest BCUT2D eigenvalue weighted by atomic mass is 32.2. The molecule has 0 spiro atoms. The highest BCUT2D eigenvalue weighted by Gasteiger charge is 2.16. The van der Waals surface area contributed by atoms with E-state index < -0.39 is 4.92 Å². The third-order valence-corrected chi connectivity index (χ3v) is 5.65. The second-order valence-corrected chi connectivity index (χ2v) is 7.75. The number of aryl methyl sites for hydroxylation is 3. The van der Waals surface area contributed by atoms with Gasteiger partial charge in [-0.2, -0.15) is 5.26 Å². The second kappa shape index (κ2) is 8.85. The first-order valence-electron chi connectivity index (χ1n) is 9.08. The molecule has 7 nitrogen and oxygen atoms in total. The number of nitriles is 1. The van der Waals surface area contributed by atoms with Crippen LogP contribution in [-0.4, -0.2) is 21.6 Å². The van der Waals surface area contributed by atoms with Gasteiger partial charge < -0.3 is 5.32 Å². The molecule has 144 valence electrons. The third-order valence-electron chi connectivity index (χ3n) is 4.66. The predicted molar refractivity (Wildman–Crippen MR) is 107 cm³/mol. The van der Waals surface area contributed by atoms with Crippen LogP contribution in [0.3, 0.4) is 0 Å². The molecule has 8 heteroatoms. The number of nitro benzene ring substituents is 1. The number of thioether (sulfide) groups is 1. The Morgan fingerprint density at radius 3 is 2.89 bits per heavy atom. The Bertz CT molecular complexity index is 969. The molecular weight excluding hydrogens is 376 g/mol. The van der Waals surface area contributed by atoms with Crippen LogP contribution in [0, 0.1) is 28.4 Å². The topological polar surface area (TPSA) is 109 Å². The summed E-state index contributed by atoms with van der Waals surface area (Å²) in [5.74, 6) is 0.243. The summed E-state index contributed by atoms with van der Waals surface area (Å²) in [6, 6.07) is 8.51. The number of amides is 1. The summed E-state index contributed by atoms with van der Waals surface area (Å²) in [6.07, 6.45) is 4.36. The van der Waals surface area contributed by atoms with Gasteiger partial charge in [0.15, 0.2) is 0 Å². The molecule has 0 bridgehead atoms. The van der Waals surface area contributed by atoms with E-state index >= 15 is 0 Å². The van der Waals surface area contributed by atoms with Gasteiger partial charge in [-0.25, -0.2) is 4.98 Å². The van der Waals surface area contributed by atoms with E-state index in [0.29, 0.717) is 22.0 Å². The van der Waals surface area contributed by atoms with Crippen molar-refractivity contribution in [2.75, 3.05) is 11.1 Å². The SMILES string of the molecule is Cc1ccc([N+](=O)[O-])cc1NC(=O)CCSc1nc2c(cc1C#N)CCCC2. The number of aromatic nitrogens is 1.